The Morgan fingerprint density at radius 2 is 2.00 bits per heavy atom. The predicted octanol–water partition coefficient (Wildman–Crippen LogP) is 4.30. The summed E-state index contributed by atoms with van der Waals surface area (Å²) in [5.74, 6) is -0.875. The maximum absolute atomic E-state index is 13.2. The first-order valence-electron chi connectivity index (χ1n) is 9.76. The number of rotatable bonds is 5. The number of fused-ring (bicyclic) bond motifs is 1. The molecule has 1 saturated carbocycles. The predicted molar refractivity (Wildman–Crippen MR) is 115 cm³/mol. The molecule has 1 aromatic rings. The average Bonchev–Trinajstić information content (AvgIpc) is 2.84. The van der Waals surface area contributed by atoms with E-state index in [2.05, 4.69) is 26.7 Å². The lowest BCUT2D eigenvalue weighted by Crippen LogP contribution is -2.58. The molecule has 0 aliphatic heterocycles. The molecule has 7 heteroatoms. The van der Waals surface area contributed by atoms with Gasteiger partial charge in [-0.15, -0.1) is 0 Å². The van der Waals surface area contributed by atoms with Gasteiger partial charge in [-0.3, -0.25) is 4.79 Å². The first-order valence-corrected chi connectivity index (χ1v) is 11.7. The van der Waals surface area contributed by atoms with Crippen LogP contribution < -0.4 is 4.72 Å². The number of nitrogens with one attached hydrogen (secondary N) is 1. The van der Waals surface area contributed by atoms with Crippen molar-refractivity contribution in [3.8, 4) is 0 Å². The quantitative estimate of drug-likeness (QED) is 0.670. The monoisotopic (exact) mass is 471 g/mol. The summed E-state index contributed by atoms with van der Waals surface area (Å²) in [5, 5.41) is 9.89. The summed E-state index contributed by atoms with van der Waals surface area (Å²) in [5.41, 5.74) is 0.968. The summed E-state index contributed by atoms with van der Waals surface area (Å²) in [6.45, 7) is 5.74. The number of methoxy groups -OCH3 is 1. The van der Waals surface area contributed by atoms with E-state index in [1.165, 1.54) is 0 Å². The van der Waals surface area contributed by atoms with Crippen LogP contribution in [0.2, 0.25) is 0 Å². The van der Waals surface area contributed by atoms with Crippen LogP contribution in [0.3, 0.4) is 0 Å². The molecule has 5 nitrogen and oxygen atoms in total. The van der Waals surface area contributed by atoms with Crippen molar-refractivity contribution in [3.05, 3.63) is 33.8 Å². The van der Waals surface area contributed by atoms with Crippen molar-refractivity contribution in [2.75, 3.05) is 7.11 Å². The van der Waals surface area contributed by atoms with Crippen LogP contribution in [0, 0.1) is 5.41 Å². The highest BCUT2D eigenvalue weighted by Gasteiger charge is 2.60. The molecule has 1 aromatic carbocycles. The van der Waals surface area contributed by atoms with E-state index < -0.39 is 27.2 Å². The van der Waals surface area contributed by atoms with Crippen LogP contribution in [0.25, 0.3) is 0 Å². The molecule has 2 N–H and O–H groups in total. The van der Waals surface area contributed by atoms with Gasteiger partial charge in [0.1, 0.15) is 0 Å². The van der Waals surface area contributed by atoms with Crippen LogP contribution in [-0.2, 0) is 32.5 Å². The molecule has 28 heavy (non-hydrogen) atoms. The highest BCUT2D eigenvalue weighted by molar-refractivity contribution is 9.10. The largest absolute Gasteiger partial charge is 0.481 e. The topological polar surface area (TPSA) is 75.6 Å². The van der Waals surface area contributed by atoms with E-state index in [9.17, 15) is 14.1 Å². The molecule has 0 aromatic heterocycles. The van der Waals surface area contributed by atoms with Gasteiger partial charge in [-0.1, -0.05) is 22.0 Å². The first kappa shape index (κ1) is 21.9. The molecule has 1 unspecified atom stereocenters. The second-order valence-electron chi connectivity index (χ2n) is 9.15. The van der Waals surface area contributed by atoms with E-state index in [1.54, 1.807) is 7.11 Å². The molecule has 0 radical (unpaired) electrons. The van der Waals surface area contributed by atoms with E-state index >= 15 is 0 Å². The zero-order chi connectivity index (χ0) is 20.7. The second kappa shape index (κ2) is 7.82. The van der Waals surface area contributed by atoms with Gasteiger partial charge in [0.2, 0.25) is 0 Å². The molecule has 0 bridgehead atoms. The Labute approximate surface area is 178 Å². The Morgan fingerprint density at radius 1 is 1.36 bits per heavy atom. The van der Waals surface area contributed by atoms with E-state index in [0.717, 1.165) is 47.7 Å². The van der Waals surface area contributed by atoms with E-state index in [-0.39, 0.29) is 17.9 Å². The average molecular weight is 472 g/mol. The van der Waals surface area contributed by atoms with Crippen molar-refractivity contribution in [1.82, 2.24) is 4.72 Å². The van der Waals surface area contributed by atoms with Gasteiger partial charge >= 0.3 is 5.97 Å². The number of aliphatic carboxylic acids is 1. The van der Waals surface area contributed by atoms with Gasteiger partial charge in [-0.2, -0.15) is 0 Å². The van der Waals surface area contributed by atoms with Crippen molar-refractivity contribution in [2.24, 2.45) is 5.41 Å². The Balaban J connectivity index is 2.15. The normalized spacial score (nSPS) is 31.0. The molecular formula is C21H30BrNO4S. The molecule has 3 rings (SSSR count). The van der Waals surface area contributed by atoms with E-state index in [4.69, 9.17) is 4.74 Å². The summed E-state index contributed by atoms with van der Waals surface area (Å²) in [7, 11) is 0.342. The summed E-state index contributed by atoms with van der Waals surface area (Å²) >= 11 is 3.55. The molecular weight excluding hydrogens is 442 g/mol. The SMILES string of the molecule is COC1CCC2(CC1)Cc1ccc(Br)cc1[C@]2(CC(=O)O)NS(=O)C(C)(C)C. The number of carbonyl (C=O) groups is 1. The fourth-order valence-corrected chi connectivity index (χ4v) is 6.29. The van der Waals surface area contributed by atoms with Crippen molar-refractivity contribution in [1.29, 1.82) is 0 Å². The Kier molecular flexibility index (Phi) is 6.13. The molecule has 2 atom stereocenters. The van der Waals surface area contributed by atoms with Crippen LogP contribution in [-0.4, -0.2) is 33.2 Å². The van der Waals surface area contributed by atoms with Crippen molar-refractivity contribution in [2.45, 2.75) is 75.7 Å². The minimum absolute atomic E-state index is 0.0874. The lowest BCUT2D eigenvalue weighted by atomic mass is 9.60. The number of carboxylic acid groups (broad SMARTS) is 1. The fourth-order valence-electron chi connectivity index (χ4n) is 4.90. The van der Waals surface area contributed by atoms with Gasteiger partial charge in [0, 0.05) is 11.6 Å². The zero-order valence-corrected chi connectivity index (χ0v) is 19.4. The van der Waals surface area contributed by atoms with Gasteiger partial charge in [0.05, 0.1) is 33.8 Å². The van der Waals surface area contributed by atoms with Crippen molar-refractivity contribution in [3.63, 3.8) is 0 Å². The van der Waals surface area contributed by atoms with Crippen LogP contribution in [0.1, 0.15) is 64.0 Å². The Hall–Kier alpha value is -0.760. The summed E-state index contributed by atoms with van der Waals surface area (Å²) < 4.78 is 22.6. The number of benzene rings is 1. The van der Waals surface area contributed by atoms with Crippen LogP contribution in [0.4, 0.5) is 0 Å². The van der Waals surface area contributed by atoms with E-state index in [0.29, 0.717) is 0 Å². The molecule has 1 fully saturated rings. The number of halogens is 1. The molecule has 0 amide bonds. The summed E-state index contributed by atoms with van der Waals surface area (Å²) in [6, 6.07) is 6.10. The molecule has 1 spiro atoms. The van der Waals surface area contributed by atoms with Crippen LogP contribution in [0.15, 0.2) is 22.7 Å². The molecule has 2 aliphatic rings. The number of hydrogen-bond donors (Lipinski definition) is 2. The van der Waals surface area contributed by atoms with Gasteiger partial charge in [0.15, 0.2) is 0 Å². The third-order valence-corrected chi connectivity index (χ3v) is 8.57. The lowest BCUT2D eigenvalue weighted by molar-refractivity contribution is -0.141. The Bertz CT molecular complexity index is 783. The first-order chi connectivity index (χ1) is 13.0. The summed E-state index contributed by atoms with van der Waals surface area (Å²) in [4.78, 5) is 12.1. The molecule has 2 aliphatic carbocycles. The second-order valence-corrected chi connectivity index (χ2v) is 12.0. The Morgan fingerprint density at radius 3 is 2.54 bits per heavy atom. The van der Waals surface area contributed by atoms with Gasteiger partial charge in [-0.25, -0.2) is 8.93 Å². The maximum Gasteiger partial charge on any atom is 0.305 e. The van der Waals surface area contributed by atoms with Crippen molar-refractivity contribution >= 4 is 32.9 Å². The van der Waals surface area contributed by atoms with E-state index in [1.807, 2.05) is 32.9 Å². The zero-order valence-electron chi connectivity index (χ0n) is 17.0. The van der Waals surface area contributed by atoms with Crippen LogP contribution in [0.5, 0.6) is 0 Å². The highest BCUT2D eigenvalue weighted by Crippen LogP contribution is 2.60. The number of carboxylic acids is 1. The standard InChI is InChI=1S/C21H30BrNO4S/c1-19(2,3)28(26)23-21(13-18(24)25)17-11-15(22)6-5-14(17)12-20(21)9-7-16(27-4)8-10-20/h5-6,11,16,23H,7-10,12-13H2,1-4H3,(H,24,25)/t16?,20?,21-,28?/m0/s1. The minimum Gasteiger partial charge on any atom is -0.481 e. The number of ether oxygens (including phenoxy) is 1. The molecule has 0 heterocycles. The minimum atomic E-state index is -1.39. The van der Waals surface area contributed by atoms with Gasteiger partial charge in [-0.05, 0) is 81.5 Å². The van der Waals surface area contributed by atoms with Crippen molar-refractivity contribution < 1.29 is 18.8 Å². The molecule has 156 valence electrons. The maximum atomic E-state index is 13.2. The van der Waals surface area contributed by atoms with Crippen LogP contribution >= 0.6 is 15.9 Å². The molecule has 0 saturated heterocycles. The smallest absolute Gasteiger partial charge is 0.305 e. The fraction of sp³-hybridized carbons (Fsp3) is 0.667. The van der Waals surface area contributed by atoms with Gasteiger partial charge in [0.25, 0.3) is 0 Å². The van der Waals surface area contributed by atoms with Gasteiger partial charge < -0.3 is 9.84 Å². The third-order valence-electron chi connectivity index (χ3n) is 6.43. The lowest BCUT2D eigenvalue weighted by Gasteiger charge is -2.50. The number of hydrogen-bond acceptors (Lipinski definition) is 3. The highest BCUT2D eigenvalue weighted by atomic mass is 79.9. The summed E-state index contributed by atoms with van der Waals surface area (Å²) in [6.07, 6.45) is 4.38. The third kappa shape index (κ3) is 3.83.